The maximum atomic E-state index is 11.1. The lowest BCUT2D eigenvalue weighted by Gasteiger charge is -2.29. The molecule has 3 nitrogen and oxygen atoms in total. The normalized spacial score (nSPS) is 12.2. The number of rotatable bonds is 5. The first kappa shape index (κ1) is 15.2. The summed E-state index contributed by atoms with van der Waals surface area (Å²) in [6.45, 7) is 1.84. The summed E-state index contributed by atoms with van der Waals surface area (Å²) in [6, 6.07) is 8.92. The minimum Gasteiger partial charge on any atom is -0.480 e. The standard InChI is InChI=1S/C14H13Cl2NO2S/c1-9(10-5-13(16)20-8-10)17(7-14(18)19)12-4-2-3-11(15)6-12/h2-6,8-9H,7H2,1H3,(H,18,19). The van der Waals surface area contributed by atoms with Crippen LogP contribution in [0.25, 0.3) is 0 Å². The molecule has 1 N–H and O–H groups in total. The largest absolute Gasteiger partial charge is 0.480 e. The fourth-order valence-electron chi connectivity index (χ4n) is 1.97. The average molecular weight is 330 g/mol. The van der Waals surface area contributed by atoms with Crippen LogP contribution in [0, 0.1) is 0 Å². The van der Waals surface area contributed by atoms with Gasteiger partial charge in [0.25, 0.3) is 0 Å². The summed E-state index contributed by atoms with van der Waals surface area (Å²) >= 11 is 13.4. The van der Waals surface area contributed by atoms with Gasteiger partial charge in [-0.15, -0.1) is 11.3 Å². The zero-order valence-corrected chi connectivity index (χ0v) is 13.0. The van der Waals surface area contributed by atoms with E-state index in [9.17, 15) is 4.79 Å². The number of hydrogen-bond acceptors (Lipinski definition) is 3. The van der Waals surface area contributed by atoms with Crippen molar-refractivity contribution in [1.29, 1.82) is 0 Å². The SMILES string of the molecule is CC(c1csc(Cl)c1)N(CC(=O)O)c1cccc(Cl)c1. The minimum absolute atomic E-state index is 0.102. The van der Waals surface area contributed by atoms with Crippen LogP contribution >= 0.6 is 34.5 Å². The highest BCUT2D eigenvalue weighted by Crippen LogP contribution is 2.32. The molecule has 2 rings (SSSR count). The lowest BCUT2D eigenvalue weighted by atomic mass is 10.1. The Morgan fingerprint density at radius 3 is 2.70 bits per heavy atom. The number of nitrogens with zero attached hydrogens (tertiary/aromatic N) is 1. The van der Waals surface area contributed by atoms with E-state index in [1.54, 1.807) is 23.1 Å². The summed E-state index contributed by atoms with van der Waals surface area (Å²) in [5.41, 5.74) is 1.76. The highest BCUT2D eigenvalue weighted by atomic mass is 35.5. The van der Waals surface area contributed by atoms with Crippen LogP contribution in [-0.2, 0) is 4.79 Å². The highest BCUT2D eigenvalue weighted by molar-refractivity contribution is 7.14. The fraction of sp³-hybridized carbons (Fsp3) is 0.214. The molecule has 1 aromatic heterocycles. The summed E-state index contributed by atoms with van der Waals surface area (Å²) < 4.78 is 0.688. The first-order chi connectivity index (χ1) is 9.47. The van der Waals surface area contributed by atoms with Crippen molar-refractivity contribution in [1.82, 2.24) is 0 Å². The van der Waals surface area contributed by atoms with Crippen LogP contribution in [0.3, 0.4) is 0 Å². The molecule has 0 amide bonds. The van der Waals surface area contributed by atoms with Gasteiger partial charge in [0.15, 0.2) is 0 Å². The van der Waals surface area contributed by atoms with E-state index in [0.29, 0.717) is 9.36 Å². The van der Waals surface area contributed by atoms with Crippen molar-refractivity contribution in [2.75, 3.05) is 11.4 Å². The van der Waals surface area contributed by atoms with E-state index in [-0.39, 0.29) is 12.6 Å². The van der Waals surface area contributed by atoms with Crippen LogP contribution in [-0.4, -0.2) is 17.6 Å². The maximum absolute atomic E-state index is 11.1. The van der Waals surface area contributed by atoms with Crippen molar-refractivity contribution in [3.8, 4) is 0 Å². The van der Waals surface area contributed by atoms with E-state index in [1.807, 2.05) is 24.4 Å². The predicted octanol–water partition coefficient (Wildman–Crippen LogP) is 4.71. The molecule has 0 bridgehead atoms. The molecular weight excluding hydrogens is 317 g/mol. The van der Waals surface area contributed by atoms with E-state index < -0.39 is 5.97 Å². The van der Waals surface area contributed by atoms with Crippen LogP contribution in [0.15, 0.2) is 35.7 Å². The van der Waals surface area contributed by atoms with Gasteiger partial charge < -0.3 is 10.0 Å². The molecule has 1 heterocycles. The zero-order chi connectivity index (χ0) is 14.7. The molecule has 6 heteroatoms. The van der Waals surface area contributed by atoms with Crippen molar-refractivity contribution in [2.24, 2.45) is 0 Å². The van der Waals surface area contributed by atoms with Gasteiger partial charge >= 0.3 is 5.97 Å². The van der Waals surface area contributed by atoms with Crippen molar-refractivity contribution < 1.29 is 9.90 Å². The fourth-order valence-corrected chi connectivity index (χ4v) is 3.14. The van der Waals surface area contributed by atoms with Crippen LogP contribution in [0.2, 0.25) is 9.36 Å². The summed E-state index contributed by atoms with van der Waals surface area (Å²) in [7, 11) is 0. The van der Waals surface area contributed by atoms with Crippen molar-refractivity contribution >= 4 is 46.2 Å². The van der Waals surface area contributed by atoms with Crippen LogP contribution in [0.1, 0.15) is 18.5 Å². The van der Waals surface area contributed by atoms with E-state index in [2.05, 4.69) is 0 Å². The highest BCUT2D eigenvalue weighted by Gasteiger charge is 2.20. The van der Waals surface area contributed by atoms with E-state index in [0.717, 1.165) is 11.3 Å². The summed E-state index contributed by atoms with van der Waals surface area (Å²) in [5, 5.41) is 11.6. The minimum atomic E-state index is -0.891. The molecule has 0 radical (unpaired) electrons. The lowest BCUT2D eigenvalue weighted by Crippen LogP contribution is -2.32. The van der Waals surface area contributed by atoms with Crippen LogP contribution in [0.4, 0.5) is 5.69 Å². The van der Waals surface area contributed by atoms with Gasteiger partial charge in [-0.3, -0.25) is 4.79 Å². The molecule has 106 valence electrons. The molecule has 1 aromatic carbocycles. The Kier molecular flexibility index (Phi) is 4.91. The molecule has 0 aliphatic rings. The quantitative estimate of drug-likeness (QED) is 0.863. The Labute approximate surface area is 131 Å². The number of benzene rings is 1. The third-order valence-corrected chi connectivity index (χ3v) is 4.33. The number of thiophene rings is 1. The van der Waals surface area contributed by atoms with E-state index in [1.165, 1.54) is 11.3 Å². The Balaban J connectivity index is 2.34. The van der Waals surface area contributed by atoms with Gasteiger partial charge in [-0.1, -0.05) is 29.3 Å². The first-order valence-electron chi connectivity index (χ1n) is 5.95. The number of hydrogen-bond donors (Lipinski definition) is 1. The summed E-state index contributed by atoms with van der Waals surface area (Å²) in [6.07, 6.45) is 0. The second kappa shape index (κ2) is 6.48. The van der Waals surface area contributed by atoms with Gasteiger partial charge in [-0.2, -0.15) is 0 Å². The van der Waals surface area contributed by atoms with Crippen LogP contribution in [0.5, 0.6) is 0 Å². The third-order valence-electron chi connectivity index (χ3n) is 2.98. The van der Waals surface area contributed by atoms with Gasteiger partial charge in [0, 0.05) is 10.7 Å². The summed E-state index contributed by atoms with van der Waals surface area (Å²) in [5.74, 6) is -0.891. The zero-order valence-electron chi connectivity index (χ0n) is 10.7. The monoisotopic (exact) mass is 329 g/mol. The number of halogens is 2. The molecule has 2 aromatic rings. The molecule has 1 atom stereocenters. The van der Waals surface area contributed by atoms with Crippen molar-refractivity contribution in [2.45, 2.75) is 13.0 Å². The number of anilines is 1. The van der Waals surface area contributed by atoms with Gasteiger partial charge in [-0.05, 0) is 42.1 Å². The molecular formula is C14H13Cl2NO2S. The topological polar surface area (TPSA) is 40.5 Å². The molecule has 0 saturated carbocycles. The maximum Gasteiger partial charge on any atom is 0.323 e. The van der Waals surface area contributed by atoms with E-state index >= 15 is 0 Å². The van der Waals surface area contributed by atoms with Gasteiger partial charge in [-0.25, -0.2) is 0 Å². The van der Waals surface area contributed by atoms with E-state index in [4.69, 9.17) is 28.3 Å². The second-order valence-electron chi connectivity index (χ2n) is 4.36. The number of carboxylic acid groups (broad SMARTS) is 1. The Hall–Kier alpha value is -1.23. The molecule has 0 aliphatic carbocycles. The number of carboxylic acids is 1. The van der Waals surface area contributed by atoms with Gasteiger partial charge in [0.2, 0.25) is 0 Å². The first-order valence-corrected chi connectivity index (χ1v) is 7.59. The van der Waals surface area contributed by atoms with Crippen LogP contribution < -0.4 is 4.90 Å². The molecule has 0 spiro atoms. The molecule has 1 unspecified atom stereocenters. The molecule has 0 saturated heterocycles. The molecule has 0 fully saturated rings. The Bertz CT molecular complexity index is 615. The predicted molar refractivity (Wildman–Crippen MR) is 84.2 cm³/mol. The lowest BCUT2D eigenvalue weighted by molar-refractivity contribution is -0.135. The van der Waals surface area contributed by atoms with Crippen molar-refractivity contribution in [3.05, 3.63) is 50.6 Å². The number of aliphatic carboxylic acids is 1. The average Bonchev–Trinajstić information content (AvgIpc) is 2.81. The third kappa shape index (κ3) is 3.66. The van der Waals surface area contributed by atoms with Crippen molar-refractivity contribution in [3.63, 3.8) is 0 Å². The summed E-state index contributed by atoms with van der Waals surface area (Å²) in [4.78, 5) is 12.9. The van der Waals surface area contributed by atoms with Gasteiger partial charge in [0.1, 0.15) is 6.54 Å². The van der Waals surface area contributed by atoms with Gasteiger partial charge in [0.05, 0.1) is 10.4 Å². The smallest absolute Gasteiger partial charge is 0.323 e. The number of carbonyl (C=O) groups is 1. The Morgan fingerprint density at radius 1 is 1.40 bits per heavy atom. The molecule has 0 aliphatic heterocycles. The molecule has 20 heavy (non-hydrogen) atoms. The second-order valence-corrected chi connectivity index (χ2v) is 6.34. The Morgan fingerprint density at radius 2 is 2.15 bits per heavy atom.